The van der Waals surface area contributed by atoms with Gasteiger partial charge in [-0.15, -0.1) is 0 Å². The molecule has 2 aromatic rings. The minimum absolute atomic E-state index is 0.142. The molecule has 0 radical (unpaired) electrons. The zero-order valence-corrected chi connectivity index (χ0v) is 25.5. The van der Waals surface area contributed by atoms with Crippen LogP contribution in [0.1, 0.15) is 122 Å². The fourth-order valence-electron chi connectivity index (χ4n) is 5.09. The van der Waals surface area contributed by atoms with Gasteiger partial charge in [-0.1, -0.05) is 134 Å². The second-order valence-electron chi connectivity index (χ2n) is 12.9. The maximum atomic E-state index is 6.24. The highest BCUT2D eigenvalue weighted by Gasteiger charge is 2.19. The topological polar surface area (TPSA) is 18.5 Å². The Bertz CT molecular complexity index is 821. The molecule has 0 aliphatic heterocycles. The minimum atomic E-state index is 0.142. The van der Waals surface area contributed by atoms with Crippen molar-refractivity contribution in [2.45, 2.75) is 131 Å². The van der Waals surface area contributed by atoms with E-state index in [2.05, 4.69) is 83.1 Å². The molecular formula is C36H58O2. The summed E-state index contributed by atoms with van der Waals surface area (Å²) in [5.41, 5.74) is 4.47. The molecule has 0 aromatic heterocycles. The average molecular weight is 523 g/mol. The van der Waals surface area contributed by atoms with Crippen molar-refractivity contribution >= 4 is 0 Å². The van der Waals surface area contributed by atoms with E-state index in [0.29, 0.717) is 13.2 Å². The van der Waals surface area contributed by atoms with Crippen molar-refractivity contribution in [3.63, 3.8) is 0 Å². The first kappa shape index (κ1) is 32.6. The summed E-state index contributed by atoms with van der Waals surface area (Å²) in [4.78, 5) is 0. The van der Waals surface area contributed by atoms with Gasteiger partial charge in [0.25, 0.3) is 0 Å². The third kappa shape index (κ3) is 17.0. The first-order valence-electron chi connectivity index (χ1n) is 15.6. The molecule has 0 aliphatic carbocycles. The lowest BCUT2D eigenvalue weighted by molar-refractivity contribution is -0.0429. The molecule has 2 aromatic carbocycles. The summed E-state index contributed by atoms with van der Waals surface area (Å²) >= 11 is 0. The SMILES string of the molecule is CC(C)CCCCCCCCc1cccc(CCCCCOCC(CC(C)(C)C)OCc2ccccc2)c1. The molecule has 38 heavy (non-hydrogen) atoms. The van der Waals surface area contributed by atoms with Crippen molar-refractivity contribution < 1.29 is 9.47 Å². The molecule has 0 heterocycles. The Hall–Kier alpha value is -1.64. The van der Waals surface area contributed by atoms with Gasteiger partial charge >= 0.3 is 0 Å². The Kier molecular flexibility index (Phi) is 16.6. The normalized spacial score (nSPS) is 12.8. The van der Waals surface area contributed by atoms with Gasteiger partial charge in [0.2, 0.25) is 0 Å². The number of aryl methyl sites for hydroxylation is 2. The molecule has 1 unspecified atom stereocenters. The van der Waals surface area contributed by atoms with Crippen LogP contribution in [-0.2, 0) is 28.9 Å². The molecule has 0 saturated carbocycles. The quantitative estimate of drug-likeness (QED) is 0.152. The first-order chi connectivity index (χ1) is 18.3. The maximum absolute atomic E-state index is 6.24. The van der Waals surface area contributed by atoms with Gasteiger partial charge in [-0.05, 0) is 66.5 Å². The Labute approximate surface area is 235 Å². The number of rotatable bonds is 21. The van der Waals surface area contributed by atoms with E-state index >= 15 is 0 Å². The monoisotopic (exact) mass is 522 g/mol. The van der Waals surface area contributed by atoms with Crippen molar-refractivity contribution in [2.75, 3.05) is 13.2 Å². The van der Waals surface area contributed by atoms with Crippen LogP contribution in [0.4, 0.5) is 0 Å². The lowest BCUT2D eigenvalue weighted by atomic mass is 9.89. The van der Waals surface area contributed by atoms with Crippen molar-refractivity contribution in [1.82, 2.24) is 0 Å². The molecule has 0 bridgehead atoms. The van der Waals surface area contributed by atoms with E-state index in [4.69, 9.17) is 9.47 Å². The molecule has 2 nitrogen and oxygen atoms in total. The first-order valence-corrected chi connectivity index (χ1v) is 15.6. The van der Waals surface area contributed by atoms with Crippen molar-refractivity contribution in [1.29, 1.82) is 0 Å². The van der Waals surface area contributed by atoms with E-state index in [1.165, 1.54) is 87.3 Å². The van der Waals surface area contributed by atoms with Crippen molar-refractivity contribution in [3.05, 3.63) is 71.3 Å². The second kappa shape index (κ2) is 19.4. The Balaban J connectivity index is 1.55. The van der Waals surface area contributed by atoms with Gasteiger partial charge in [-0.2, -0.15) is 0 Å². The Morgan fingerprint density at radius 3 is 1.87 bits per heavy atom. The van der Waals surface area contributed by atoms with Gasteiger partial charge in [-0.25, -0.2) is 0 Å². The van der Waals surface area contributed by atoms with E-state index in [1.807, 2.05) is 6.07 Å². The van der Waals surface area contributed by atoms with Crippen LogP contribution in [0.5, 0.6) is 0 Å². The number of benzene rings is 2. The van der Waals surface area contributed by atoms with E-state index in [1.54, 1.807) is 0 Å². The molecule has 0 spiro atoms. The van der Waals surface area contributed by atoms with E-state index in [-0.39, 0.29) is 11.5 Å². The predicted molar refractivity (Wildman–Crippen MR) is 165 cm³/mol. The highest BCUT2D eigenvalue weighted by molar-refractivity contribution is 5.23. The van der Waals surface area contributed by atoms with Gasteiger partial charge in [0, 0.05) is 6.61 Å². The maximum Gasteiger partial charge on any atom is 0.0818 e. The summed E-state index contributed by atoms with van der Waals surface area (Å²) in [5.74, 6) is 0.859. The van der Waals surface area contributed by atoms with Gasteiger partial charge < -0.3 is 9.47 Å². The summed E-state index contributed by atoms with van der Waals surface area (Å²) < 4.78 is 12.3. The highest BCUT2D eigenvalue weighted by atomic mass is 16.5. The molecule has 2 heteroatoms. The van der Waals surface area contributed by atoms with Crippen LogP contribution in [0.3, 0.4) is 0 Å². The van der Waals surface area contributed by atoms with Crippen LogP contribution in [0.2, 0.25) is 0 Å². The molecule has 0 saturated heterocycles. The lowest BCUT2D eigenvalue weighted by Gasteiger charge is -2.26. The molecular weight excluding hydrogens is 464 g/mol. The van der Waals surface area contributed by atoms with Crippen LogP contribution in [0, 0.1) is 11.3 Å². The molecule has 0 aliphatic rings. The number of hydrogen-bond acceptors (Lipinski definition) is 2. The van der Waals surface area contributed by atoms with Crippen LogP contribution < -0.4 is 0 Å². The Morgan fingerprint density at radius 2 is 1.24 bits per heavy atom. The van der Waals surface area contributed by atoms with Crippen LogP contribution >= 0.6 is 0 Å². The zero-order chi connectivity index (χ0) is 27.5. The number of hydrogen-bond donors (Lipinski definition) is 0. The van der Waals surface area contributed by atoms with Crippen molar-refractivity contribution in [3.8, 4) is 0 Å². The minimum Gasteiger partial charge on any atom is -0.379 e. The summed E-state index contributed by atoms with van der Waals surface area (Å²) in [7, 11) is 0. The van der Waals surface area contributed by atoms with Crippen molar-refractivity contribution in [2.24, 2.45) is 11.3 Å². The molecule has 2 rings (SSSR count). The number of ether oxygens (including phenoxy) is 2. The van der Waals surface area contributed by atoms with E-state index in [0.717, 1.165) is 25.4 Å². The van der Waals surface area contributed by atoms with Gasteiger partial charge in [0.05, 0.1) is 19.3 Å². The van der Waals surface area contributed by atoms with E-state index < -0.39 is 0 Å². The molecule has 1 atom stereocenters. The third-order valence-electron chi connectivity index (χ3n) is 7.21. The second-order valence-corrected chi connectivity index (χ2v) is 12.9. The molecule has 214 valence electrons. The predicted octanol–water partition coefficient (Wildman–Crippen LogP) is 10.4. The van der Waals surface area contributed by atoms with Gasteiger partial charge in [0.1, 0.15) is 0 Å². The van der Waals surface area contributed by atoms with Gasteiger partial charge in [0.15, 0.2) is 0 Å². The van der Waals surface area contributed by atoms with Gasteiger partial charge in [-0.3, -0.25) is 0 Å². The fraction of sp³-hybridized carbons (Fsp3) is 0.667. The largest absolute Gasteiger partial charge is 0.379 e. The van der Waals surface area contributed by atoms with Crippen LogP contribution in [0.25, 0.3) is 0 Å². The molecule has 0 fully saturated rings. The molecule has 0 N–H and O–H groups in total. The van der Waals surface area contributed by atoms with E-state index in [9.17, 15) is 0 Å². The lowest BCUT2D eigenvalue weighted by Crippen LogP contribution is -2.26. The van der Waals surface area contributed by atoms with Crippen LogP contribution in [0.15, 0.2) is 54.6 Å². The number of unbranched alkanes of at least 4 members (excludes halogenated alkanes) is 7. The summed E-state index contributed by atoms with van der Waals surface area (Å²) in [6.07, 6.45) is 16.9. The molecule has 0 amide bonds. The fourth-order valence-corrected chi connectivity index (χ4v) is 5.09. The highest BCUT2D eigenvalue weighted by Crippen LogP contribution is 2.23. The standard InChI is InChI=1S/C36H58O2/c1-31(2)19-12-8-6-7-9-13-20-32-24-18-25-33(27-32)21-16-11-17-26-37-30-35(28-36(3,4)5)38-29-34-22-14-10-15-23-34/h10,14-15,18,22-25,27,31,35H,6-9,11-13,16-17,19-21,26,28-30H2,1-5H3. The van der Waals surface area contributed by atoms with Crippen LogP contribution in [-0.4, -0.2) is 19.3 Å². The summed E-state index contributed by atoms with van der Waals surface area (Å²) in [5, 5.41) is 0. The zero-order valence-electron chi connectivity index (χ0n) is 25.5. The summed E-state index contributed by atoms with van der Waals surface area (Å²) in [6, 6.07) is 19.8. The summed E-state index contributed by atoms with van der Waals surface area (Å²) in [6.45, 7) is 13.7. The smallest absolute Gasteiger partial charge is 0.0818 e. The average Bonchev–Trinajstić information content (AvgIpc) is 2.88. The Morgan fingerprint density at radius 1 is 0.658 bits per heavy atom. The third-order valence-corrected chi connectivity index (χ3v) is 7.21.